The Morgan fingerprint density at radius 2 is 1.65 bits per heavy atom. The molecule has 138 valence electrons. The van der Waals surface area contributed by atoms with Crippen LogP contribution in [-0.2, 0) is 27.2 Å². The van der Waals surface area contributed by atoms with Crippen LogP contribution in [0.3, 0.4) is 0 Å². The Kier molecular flexibility index (Phi) is 30.8. The van der Waals surface area contributed by atoms with Gasteiger partial charge in [-0.15, -0.1) is 0 Å². The number of rotatable bonds is 10. The SMILES string of the molecule is C=CC(=O)OCCC[SiH2]OCC.CC=CC.CO[SiH](OC)OC. The molecule has 0 heterocycles. The zero-order valence-electron chi connectivity index (χ0n) is 15.5. The van der Waals surface area contributed by atoms with Crippen molar-refractivity contribution in [3.05, 3.63) is 24.8 Å². The van der Waals surface area contributed by atoms with E-state index >= 15 is 0 Å². The van der Waals surface area contributed by atoms with Gasteiger partial charge in [-0.25, -0.2) is 4.79 Å². The maximum Gasteiger partial charge on any atom is 0.483 e. The van der Waals surface area contributed by atoms with Crippen LogP contribution in [0.15, 0.2) is 24.8 Å². The zero-order chi connectivity index (χ0) is 18.3. The average Bonchev–Trinajstić information content (AvgIpc) is 2.60. The molecule has 0 atom stereocenters. The van der Waals surface area contributed by atoms with Crippen LogP contribution in [0.25, 0.3) is 0 Å². The van der Waals surface area contributed by atoms with Crippen molar-refractivity contribution < 1.29 is 27.2 Å². The van der Waals surface area contributed by atoms with E-state index in [2.05, 4.69) is 6.58 Å². The highest BCUT2D eigenvalue weighted by Gasteiger charge is 2.04. The molecule has 0 aromatic heterocycles. The van der Waals surface area contributed by atoms with Gasteiger partial charge in [0.2, 0.25) is 0 Å². The van der Waals surface area contributed by atoms with E-state index in [1.807, 2.05) is 32.9 Å². The molecule has 0 bridgehead atoms. The van der Waals surface area contributed by atoms with Crippen molar-refractivity contribution in [3.8, 4) is 0 Å². The van der Waals surface area contributed by atoms with Crippen molar-refractivity contribution in [1.82, 2.24) is 0 Å². The molecular formula is C15H34O6Si2. The van der Waals surface area contributed by atoms with E-state index in [1.165, 1.54) is 6.08 Å². The molecule has 0 aliphatic heterocycles. The molecule has 0 saturated carbocycles. The van der Waals surface area contributed by atoms with Crippen molar-refractivity contribution in [2.24, 2.45) is 0 Å². The Balaban J connectivity index is -0.000000307. The summed E-state index contributed by atoms with van der Waals surface area (Å²) in [5.74, 6) is -0.340. The fourth-order valence-electron chi connectivity index (χ4n) is 0.971. The van der Waals surface area contributed by atoms with Crippen molar-refractivity contribution >= 4 is 25.3 Å². The Morgan fingerprint density at radius 3 is 1.96 bits per heavy atom. The molecule has 0 spiro atoms. The van der Waals surface area contributed by atoms with Gasteiger partial charge in [-0.1, -0.05) is 18.7 Å². The van der Waals surface area contributed by atoms with E-state index in [-0.39, 0.29) is 15.7 Å². The summed E-state index contributed by atoms with van der Waals surface area (Å²) in [4.78, 5) is 10.5. The minimum atomic E-state index is -1.67. The highest BCUT2D eigenvalue weighted by Crippen LogP contribution is 1.91. The van der Waals surface area contributed by atoms with Crippen molar-refractivity contribution in [2.45, 2.75) is 33.2 Å². The second kappa shape index (κ2) is 26.1. The molecule has 0 amide bonds. The molecule has 0 saturated heterocycles. The molecular weight excluding hydrogens is 332 g/mol. The lowest BCUT2D eigenvalue weighted by Crippen LogP contribution is -2.21. The van der Waals surface area contributed by atoms with Gasteiger partial charge in [-0.2, -0.15) is 0 Å². The number of hydrogen-bond donors (Lipinski definition) is 0. The van der Waals surface area contributed by atoms with Gasteiger partial charge in [0.25, 0.3) is 0 Å². The molecule has 8 heteroatoms. The van der Waals surface area contributed by atoms with E-state index in [4.69, 9.17) is 22.4 Å². The summed E-state index contributed by atoms with van der Waals surface area (Å²) in [6, 6.07) is 1.07. The molecule has 23 heavy (non-hydrogen) atoms. The Labute approximate surface area is 145 Å². The smallest absolute Gasteiger partial charge is 0.463 e. The first-order chi connectivity index (χ1) is 11.1. The molecule has 0 aliphatic rings. The second-order valence-electron chi connectivity index (χ2n) is 3.94. The zero-order valence-corrected chi connectivity index (χ0v) is 18.1. The molecule has 0 radical (unpaired) electrons. The van der Waals surface area contributed by atoms with E-state index in [9.17, 15) is 4.79 Å². The first kappa shape index (κ1) is 27.1. The third kappa shape index (κ3) is 29.8. The largest absolute Gasteiger partial charge is 0.483 e. The van der Waals surface area contributed by atoms with E-state index in [0.717, 1.165) is 19.1 Å². The molecule has 0 fully saturated rings. The molecule has 0 aromatic rings. The van der Waals surface area contributed by atoms with Crippen LogP contribution < -0.4 is 0 Å². The lowest BCUT2D eigenvalue weighted by atomic mass is 10.5. The standard InChI is InChI=1S/C8H16O3Si.C4H8.C3H10O3Si/c1-3-8(9)10-6-5-7-12-11-4-2;1-3-4-2;1-4-7(5-2)6-3/h3H,1,4-7,12H2,2H3;3-4H,1-2H3;7H,1-3H3. The fourth-order valence-corrected chi connectivity index (χ4v) is 2.45. The first-order valence-corrected chi connectivity index (χ1v) is 10.6. The first-order valence-electron chi connectivity index (χ1n) is 7.60. The number of carbonyl (C=O) groups excluding carboxylic acids is 1. The lowest BCUT2D eigenvalue weighted by Gasteiger charge is -2.05. The van der Waals surface area contributed by atoms with Crippen LogP contribution in [0.4, 0.5) is 0 Å². The monoisotopic (exact) mass is 366 g/mol. The second-order valence-corrected chi connectivity index (χ2v) is 7.45. The molecule has 0 aliphatic carbocycles. The van der Waals surface area contributed by atoms with E-state index in [0.29, 0.717) is 6.61 Å². The molecule has 6 nitrogen and oxygen atoms in total. The topological polar surface area (TPSA) is 63.2 Å². The highest BCUT2D eigenvalue weighted by atomic mass is 28.3. The maximum absolute atomic E-state index is 10.5. The van der Waals surface area contributed by atoms with Gasteiger partial charge < -0.3 is 22.4 Å². The minimum absolute atomic E-state index is 0.340. The number of hydrogen-bond acceptors (Lipinski definition) is 6. The summed E-state index contributed by atoms with van der Waals surface area (Å²) < 4.78 is 24.3. The van der Waals surface area contributed by atoms with Crippen LogP contribution in [0.5, 0.6) is 0 Å². The molecule has 0 aromatic carbocycles. The Hall–Kier alpha value is -0.776. The van der Waals surface area contributed by atoms with Gasteiger partial charge in [0.15, 0.2) is 9.76 Å². The number of esters is 1. The van der Waals surface area contributed by atoms with Gasteiger partial charge in [0.1, 0.15) is 0 Å². The van der Waals surface area contributed by atoms with Crippen LogP contribution in [0.1, 0.15) is 27.2 Å². The highest BCUT2D eigenvalue weighted by molar-refractivity contribution is 6.36. The van der Waals surface area contributed by atoms with Crippen LogP contribution >= 0.6 is 0 Å². The molecule has 0 rings (SSSR count). The predicted octanol–water partition coefficient (Wildman–Crippen LogP) is 1.87. The summed E-state index contributed by atoms with van der Waals surface area (Å²) >= 11 is 0. The van der Waals surface area contributed by atoms with Gasteiger partial charge >= 0.3 is 15.5 Å². The van der Waals surface area contributed by atoms with Crippen molar-refractivity contribution in [3.63, 3.8) is 0 Å². The van der Waals surface area contributed by atoms with Gasteiger partial charge in [0.05, 0.1) is 6.61 Å². The fraction of sp³-hybridized carbons (Fsp3) is 0.667. The Bertz CT molecular complexity index is 261. The van der Waals surface area contributed by atoms with Crippen LogP contribution in [0.2, 0.25) is 6.04 Å². The third-order valence-corrected chi connectivity index (χ3v) is 4.85. The lowest BCUT2D eigenvalue weighted by molar-refractivity contribution is -0.137. The summed E-state index contributed by atoms with van der Waals surface area (Å²) in [6.07, 6.45) is 6.09. The summed E-state index contributed by atoms with van der Waals surface area (Å²) in [5.41, 5.74) is 0. The number of allylic oxidation sites excluding steroid dienone is 2. The summed E-state index contributed by atoms with van der Waals surface area (Å²) in [5, 5.41) is 0. The quantitative estimate of drug-likeness (QED) is 0.193. The minimum Gasteiger partial charge on any atom is -0.463 e. The van der Waals surface area contributed by atoms with Gasteiger partial charge in [-0.3, -0.25) is 0 Å². The Morgan fingerprint density at radius 1 is 1.13 bits per heavy atom. The van der Waals surface area contributed by atoms with Crippen LogP contribution in [-0.4, -0.2) is 59.8 Å². The summed E-state index contributed by atoms with van der Waals surface area (Å²) in [6.45, 7) is 10.6. The van der Waals surface area contributed by atoms with E-state index < -0.39 is 9.53 Å². The van der Waals surface area contributed by atoms with E-state index in [1.54, 1.807) is 21.3 Å². The third-order valence-electron chi connectivity index (χ3n) is 2.21. The van der Waals surface area contributed by atoms with Gasteiger partial charge in [-0.05, 0) is 33.2 Å². The predicted molar refractivity (Wildman–Crippen MR) is 99.4 cm³/mol. The molecule has 0 unspecified atom stereocenters. The van der Waals surface area contributed by atoms with Crippen molar-refractivity contribution in [2.75, 3.05) is 34.5 Å². The number of carbonyl (C=O) groups is 1. The molecule has 0 N–H and O–H groups in total. The number of ether oxygens (including phenoxy) is 1. The van der Waals surface area contributed by atoms with Crippen LogP contribution in [0, 0.1) is 0 Å². The van der Waals surface area contributed by atoms with Crippen molar-refractivity contribution in [1.29, 1.82) is 0 Å². The normalized spacial score (nSPS) is 10.2. The average molecular weight is 367 g/mol. The summed E-state index contributed by atoms with van der Waals surface area (Å²) in [7, 11) is 2.69. The van der Waals surface area contributed by atoms with Gasteiger partial charge in [0, 0.05) is 34.0 Å². The maximum atomic E-state index is 10.5.